The molecule has 2 aromatic heterocycles. The van der Waals surface area contributed by atoms with Crippen molar-refractivity contribution in [2.45, 2.75) is 31.7 Å². The van der Waals surface area contributed by atoms with E-state index in [1.807, 2.05) is 4.68 Å². The molecule has 0 bridgehead atoms. The van der Waals surface area contributed by atoms with E-state index in [1.54, 1.807) is 12.1 Å². The number of anilines is 2. The van der Waals surface area contributed by atoms with Gasteiger partial charge in [-0.15, -0.1) is 0 Å². The van der Waals surface area contributed by atoms with Crippen LogP contribution < -0.4 is 5.32 Å². The summed E-state index contributed by atoms with van der Waals surface area (Å²) < 4.78 is 20.6. The maximum Gasteiger partial charge on any atom is 0.340 e. The van der Waals surface area contributed by atoms with Gasteiger partial charge in [-0.1, -0.05) is 12.8 Å². The van der Waals surface area contributed by atoms with Crippen LogP contribution in [0, 0.1) is 5.82 Å². The number of aromatic nitrogens is 3. The van der Waals surface area contributed by atoms with Crippen LogP contribution >= 0.6 is 0 Å². The SMILES string of the molecule is COC(=O)c1ccncc1Nc1nn(C2CCCC2)c2ccc(F)cc12. The second kappa shape index (κ2) is 6.74. The Balaban J connectivity index is 1.80. The zero-order valence-electron chi connectivity index (χ0n) is 14.4. The molecule has 1 fully saturated rings. The Morgan fingerprint density at radius 1 is 1.31 bits per heavy atom. The second-order valence-electron chi connectivity index (χ2n) is 6.43. The highest BCUT2D eigenvalue weighted by Gasteiger charge is 2.23. The maximum absolute atomic E-state index is 13.9. The average Bonchev–Trinajstić information content (AvgIpc) is 3.30. The van der Waals surface area contributed by atoms with E-state index in [0.29, 0.717) is 28.5 Å². The van der Waals surface area contributed by atoms with Gasteiger partial charge < -0.3 is 10.1 Å². The number of nitrogens with zero attached hydrogens (tertiary/aromatic N) is 3. The van der Waals surface area contributed by atoms with Gasteiger partial charge in [-0.25, -0.2) is 9.18 Å². The first-order valence-corrected chi connectivity index (χ1v) is 8.64. The minimum absolute atomic E-state index is 0.312. The number of fused-ring (bicyclic) bond motifs is 1. The standard InChI is InChI=1S/C19H19FN4O2/c1-26-19(25)14-8-9-21-11-16(14)22-18-15-10-12(20)6-7-17(15)24(23-18)13-4-2-3-5-13/h6-11,13H,2-5H2,1H3,(H,22,23). The van der Waals surface area contributed by atoms with Gasteiger partial charge in [0.1, 0.15) is 5.82 Å². The zero-order valence-corrected chi connectivity index (χ0v) is 14.4. The van der Waals surface area contributed by atoms with Crippen molar-refractivity contribution in [2.75, 3.05) is 12.4 Å². The van der Waals surface area contributed by atoms with Gasteiger partial charge in [-0.05, 0) is 37.1 Å². The van der Waals surface area contributed by atoms with Gasteiger partial charge in [0.25, 0.3) is 0 Å². The van der Waals surface area contributed by atoms with Crippen molar-refractivity contribution in [1.82, 2.24) is 14.8 Å². The van der Waals surface area contributed by atoms with Gasteiger partial charge >= 0.3 is 5.97 Å². The minimum Gasteiger partial charge on any atom is -0.465 e. The Hall–Kier alpha value is -2.96. The van der Waals surface area contributed by atoms with Crippen LogP contribution in [-0.2, 0) is 4.74 Å². The van der Waals surface area contributed by atoms with E-state index in [4.69, 9.17) is 9.84 Å². The van der Waals surface area contributed by atoms with Gasteiger partial charge in [0.05, 0.1) is 36.1 Å². The van der Waals surface area contributed by atoms with Crippen LogP contribution in [0.5, 0.6) is 0 Å². The summed E-state index contributed by atoms with van der Waals surface area (Å²) in [7, 11) is 1.33. The molecule has 0 saturated heterocycles. The summed E-state index contributed by atoms with van der Waals surface area (Å²) in [6.07, 6.45) is 7.52. The second-order valence-corrected chi connectivity index (χ2v) is 6.43. The molecule has 0 unspecified atom stereocenters. The highest BCUT2D eigenvalue weighted by atomic mass is 19.1. The molecule has 1 saturated carbocycles. The van der Waals surface area contributed by atoms with Crippen molar-refractivity contribution in [3.05, 3.63) is 48.0 Å². The molecule has 134 valence electrons. The van der Waals surface area contributed by atoms with Gasteiger partial charge in [0.2, 0.25) is 0 Å². The van der Waals surface area contributed by atoms with Crippen molar-refractivity contribution in [1.29, 1.82) is 0 Å². The third-order valence-corrected chi connectivity index (χ3v) is 4.82. The van der Waals surface area contributed by atoms with Gasteiger partial charge in [-0.3, -0.25) is 9.67 Å². The highest BCUT2D eigenvalue weighted by molar-refractivity contribution is 5.98. The summed E-state index contributed by atoms with van der Waals surface area (Å²) in [5.74, 6) is -0.295. The lowest BCUT2D eigenvalue weighted by molar-refractivity contribution is 0.0602. The Kier molecular flexibility index (Phi) is 4.28. The number of hydrogen-bond donors (Lipinski definition) is 1. The van der Waals surface area contributed by atoms with Crippen LogP contribution in [0.1, 0.15) is 42.1 Å². The van der Waals surface area contributed by atoms with E-state index >= 15 is 0 Å². The molecule has 26 heavy (non-hydrogen) atoms. The summed E-state index contributed by atoms with van der Waals surface area (Å²) in [4.78, 5) is 16.0. The molecule has 4 rings (SSSR count). The molecule has 0 amide bonds. The molecular formula is C19H19FN4O2. The van der Waals surface area contributed by atoms with Crippen molar-refractivity contribution < 1.29 is 13.9 Å². The lowest BCUT2D eigenvalue weighted by Crippen LogP contribution is -2.08. The largest absolute Gasteiger partial charge is 0.465 e. The third-order valence-electron chi connectivity index (χ3n) is 4.82. The number of hydrogen-bond acceptors (Lipinski definition) is 5. The molecule has 1 aliphatic carbocycles. The molecule has 6 nitrogen and oxygen atoms in total. The van der Waals surface area contributed by atoms with Gasteiger partial charge in [-0.2, -0.15) is 5.10 Å². The molecule has 1 aromatic carbocycles. The number of carbonyl (C=O) groups excluding carboxylic acids is 1. The van der Waals surface area contributed by atoms with E-state index in [9.17, 15) is 9.18 Å². The number of pyridine rings is 1. The normalized spacial score (nSPS) is 14.7. The lowest BCUT2D eigenvalue weighted by Gasteiger charge is -2.11. The lowest BCUT2D eigenvalue weighted by atomic mass is 10.2. The fourth-order valence-electron chi connectivity index (χ4n) is 3.54. The molecule has 1 aliphatic rings. The van der Waals surface area contributed by atoms with Gasteiger partial charge in [0, 0.05) is 11.6 Å². The number of rotatable bonds is 4. The average molecular weight is 354 g/mol. The topological polar surface area (TPSA) is 69.0 Å². The molecule has 7 heteroatoms. The molecule has 0 radical (unpaired) electrons. The van der Waals surface area contributed by atoms with Crippen molar-refractivity contribution in [2.24, 2.45) is 0 Å². The molecule has 2 heterocycles. The van der Waals surface area contributed by atoms with E-state index < -0.39 is 5.97 Å². The summed E-state index contributed by atoms with van der Waals surface area (Å²) in [5.41, 5.74) is 1.70. The summed E-state index contributed by atoms with van der Waals surface area (Å²) in [6.45, 7) is 0. The first-order valence-electron chi connectivity index (χ1n) is 8.64. The van der Waals surface area contributed by atoms with Crippen molar-refractivity contribution in [3.63, 3.8) is 0 Å². The van der Waals surface area contributed by atoms with Crippen LogP contribution in [0.2, 0.25) is 0 Å². The molecule has 3 aromatic rings. The number of methoxy groups -OCH3 is 1. The first-order chi connectivity index (χ1) is 12.7. The smallest absolute Gasteiger partial charge is 0.340 e. The highest BCUT2D eigenvalue weighted by Crippen LogP contribution is 2.35. The van der Waals surface area contributed by atoms with Crippen molar-refractivity contribution in [3.8, 4) is 0 Å². The summed E-state index contributed by atoms with van der Waals surface area (Å²) >= 11 is 0. The monoisotopic (exact) mass is 354 g/mol. The Labute approximate surface area is 150 Å². The number of ether oxygens (including phenoxy) is 1. The number of carbonyl (C=O) groups is 1. The molecule has 0 spiro atoms. The maximum atomic E-state index is 13.9. The van der Waals surface area contributed by atoms with Crippen LogP contribution in [0.3, 0.4) is 0 Å². The fraction of sp³-hybridized carbons (Fsp3) is 0.316. The molecular weight excluding hydrogens is 335 g/mol. The van der Waals surface area contributed by atoms with Crippen LogP contribution in [0.4, 0.5) is 15.9 Å². The van der Waals surface area contributed by atoms with E-state index in [0.717, 1.165) is 18.4 Å². The summed E-state index contributed by atoms with van der Waals surface area (Å²) in [5, 5.41) is 8.51. The van der Waals surface area contributed by atoms with Crippen LogP contribution in [0.25, 0.3) is 10.9 Å². The van der Waals surface area contributed by atoms with E-state index in [1.165, 1.54) is 44.5 Å². The number of esters is 1. The number of benzene rings is 1. The predicted octanol–water partition coefficient (Wildman–Crippen LogP) is 4.22. The Morgan fingerprint density at radius 3 is 2.88 bits per heavy atom. The number of halogens is 1. The van der Waals surface area contributed by atoms with E-state index in [-0.39, 0.29) is 5.82 Å². The van der Waals surface area contributed by atoms with Crippen LogP contribution in [0.15, 0.2) is 36.7 Å². The predicted molar refractivity (Wildman–Crippen MR) is 96.1 cm³/mol. The molecule has 1 N–H and O–H groups in total. The number of nitrogens with one attached hydrogen (secondary N) is 1. The summed E-state index contributed by atoms with van der Waals surface area (Å²) in [6, 6.07) is 6.55. The minimum atomic E-state index is -0.472. The first kappa shape index (κ1) is 16.5. The van der Waals surface area contributed by atoms with E-state index in [2.05, 4.69) is 10.3 Å². The van der Waals surface area contributed by atoms with Crippen molar-refractivity contribution >= 4 is 28.4 Å². The van der Waals surface area contributed by atoms with Crippen LogP contribution in [-0.4, -0.2) is 27.8 Å². The fourth-order valence-corrected chi connectivity index (χ4v) is 3.54. The zero-order chi connectivity index (χ0) is 18.1. The molecule has 0 aliphatic heterocycles. The Morgan fingerprint density at radius 2 is 2.12 bits per heavy atom. The quantitative estimate of drug-likeness (QED) is 0.711. The molecule has 0 atom stereocenters. The third kappa shape index (κ3) is 2.89. The Bertz CT molecular complexity index is 963. The van der Waals surface area contributed by atoms with Gasteiger partial charge in [0.15, 0.2) is 5.82 Å².